The van der Waals surface area contributed by atoms with E-state index in [4.69, 9.17) is 0 Å². The minimum atomic E-state index is -0.230. The van der Waals surface area contributed by atoms with Crippen LogP contribution in [0.4, 0.5) is 11.4 Å². The normalized spacial score (nSPS) is 10.3. The van der Waals surface area contributed by atoms with Gasteiger partial charge in [0, 0.05) is 48.4 Å². The van der Waals surface area contributed by atoms with E-state index in [2.05, 4.69) is 35.1 Å². The minimum absolute atomic E-state index is 0.167. The first-order valence-electron chi connectivity index (χ1n) is 12.3. The van der Waals surface area contributed by atoms with Crippen LogP contribution < -0.4 is 21.3 Å². The lowest BCUT2D eigenvalue weighted by Crippen LogP contribution is -2.24. The number of carbonyl (C=O) groups excluding carboxylic acids is 4. The molecule has 2 rings (SSSR count). The van der Waals surface area contributed by atoms with Crippen molar-refractivity contribution in [1.82, 2.24) is 10.6 Å². The van der Waals surface area contributed by atoms with E-state index < -0.39 is 0 Å². The van der Waals surface area contributed by atoms with Crippen LogP contribution in [0, 0.1) is 0 Å². The molecular weight excluding hydrogens is 444 g/mol. The van der Waals surface area contributed by atoms with E-state index in [-0.39, 0.29) is 36.5 Å². The maximum absolute atomic E-state index is 12.3. The van der Waals surface area contributed by atoms with E-state index in [0.29, 0.717) is 42.0 Å². The highest BCUT2D eigenvalue weighted by atomic mass is 16.2. The number of nitrogens with one attached hydrogen (secondary N) is 4. The van der Waals surface area contributed by atoms with Crippen molar-refractivity contribution in [3.8, 4) is 0 Å². The van der Waals surface area contributed by atoms with Crippen LogP contribution >= 0.6 is 0 Å². The topological polar surface area (TPSA) is 116 Å². The third-order valence-corrected chi connectivity index (χ3v) is 5.26. The highest BCUT2D eigenvalue weighted by molar-refractivity contribution is 5.98. The Hall–Kier alpha value is -3.68. The smallest absolute Gasteiger partial charge is 0.251 e. The lowest BCUT2D eigenvalue weighted by Gasteiger charge is -2.09. The van der Waals surface area contributed by atoms with Crippen LogP contribution in [0.2, 0.25) is 0 Å². The summed E-state index contributed by atoms with van der Waals surface area (Å²) in [7, 11) is 0. The summed E-state index contributed by atoms with van der Waals surface area (Å²) in [6, 6.07) is 13.5. The molecule has 0 aliphatic rings. The van der Waals surface area contributed by atoms with Gasteiger partial charge in [-0.1, -0.05) is 38.8 Å². The van der Waals surface area contributed by atoms with Crippen LogP contribution in [0.3, 0.4) is 0 Å². The maximum Gasteiger partial charge on any atom is 0.251 e. The van der Waals surface area contributed by atoms with Gasteiger partial charge in [-0.25, -0.2) is 0 Å². The zero-order valence-electron chi connectivity index (χ0n) is 20.6. The van der Waals surface area contributed by atoms with Crippen molar-refractivity contribution in [2.24, 2.45) is 0 Å². The third-order valence-electron chi connectivity index (χ3n) is 5.26. The van der Waals surface area contributed by atoms with Crippen LogP contribution in [0.5, 0.6) is 0 Å². The van der Waals surface area contributed by atoms with Gasteiger partial charge < -0.3 is 21.3 Å². The molecule has 8 nitrogen and oxygen atoms in total. The average Bonchev–Trinajstić information content (AvgIpc) is 2.84. The predicted octanol–water partition coefficient (Wildman–Crippen LogP) is 4.49. The molecule has 0 aliphatic heterocycles. The summed E-state index contributed by atoms with van der Waals surface area (Å²) in [5, 5.41) is 11.2. The van der Waals surface area contributed by atoms with E-state index in [0.717, 1.165) is 25.7 Å². The molecule has 4 amide bonds. The number of anilines is 2. The molecule has 0 heterocycles. The van der Waals surface area contributed by atoms with Crippen LogP contribution in [0.25, 0.3) is 0 Å². The fourth-order valence-corrected chi connectivity index (χ4v) is 3.29. The summed E-state index contributed by atoms with van der Waals surface area (Å²) in [6.07, 6.45) is 4.52. The van der Waals surface area contributed by atoms with Gasteiger partial charge in [-0.2, -0.15) is 0 Å². The minimum Gasteiger partial charge on any atom is -0.352 e. The number of benzene rings is 2. The molecule has 0 aromatic heterocycles. The largest absolute Gasteiger partial charge is 0.352 e. The second-order valence-corrected chi connectivity index (χ2v) is 8.33. The first kappa shape index (κ1) is 27.6. The Kier molecular flexibility index (Phi) is 12.0. The molecule has 0 atom stereocenters. The molecule has 0 bridgehead atoms. The van der Waals surface area contributed by atoms with Gasteiger partial charge in [0.1, 0.15) is 0 Å². The van der Waals surface area contributed by atoms with Gasteiger partial charge in [0.25, 0.3) is 11.8 Å². The Morgan fingerprint density at radius 1 is 0.629 bits per heavy atom. The van der Waals surface area contributed by atoms with Gasteiger partial charge in [-0.3, -0.25) is 19.2 Å². The van der Waals surface area contributed by atoms with E-state index in [1.165, 1.54) is 0 Å². The first-order chi connectivity index (χ1) is 16.9. The Labute approximate surface area is 207 Å². The second-order valence-electron chi connectivity index (χ2n) is 8.33. The Morgan fingerprint density at radius 3 is 1.46 bits per heavy atom. The standard InChI is InChI=1S/C27H36N4O4/c1-3-5-16-28-26(34)20-10-7-12-22(18-20)30-24(32)14-9-15-25(33)31-23-13-8-11-21(19-23)27(35)29-17-6-4-2/h7-8,10-13,18-19H,3-6,9,14-17H2,1-2H3,(H,28,34)(H,29,35)(H,30,32)(H,31,33). The highest BCUT2D eigenvalue weighted by Crippen LogP contribution is 2.14. The van der Waals surface area contributed by atoms with Gasteiger partial charge in [-0.15, -0.1) is 0 Å². The van der Waals surface area contributed by atoms with Crippen LogP contribution in [0.1, 0.15) is 79.5 Å². The summed E-state index contributed by atoms with van der Waals surface area (Å²) in [5.41, 5.74) is 2.05. The number of carbonyl (C=O) groups is 4. The van der Waals surface area contributed by atoms with E-state index in [9.17, 15) is 19.2 Å². The Balaban J connectivity index is 1.76. The molecule has 8 heteroatoms. The van der Waals surface area contributed by atoms with Crippen molar-refractivity contribution in [3.05, 3.63) is 59.7 Å². The van der Waals surface area contributed by atoms with Gasteiger partial charge in [0.05, 0.1) is 0 Å². The lowest BCUT2D eigenvalue weighted by molar-refractivity contribution is -0.117. The summed E-state index contributed by atoms with van der Waals surface area (Å²) >= 11 is 0. The van der Waals surface area contributed by atoms with E-state index in [1.54, 1.807) is 48.5 Å². The number of amides is 4. The quantitative estimate of drug-likeness (QED) is 0.298. The molecule has 4 N–H and O–H groups in total. The molecule has 35 heavy (non-hydrogen) atoms. The molecule has 0 saturated heterocycles. The summed E-state index contributed by atoms with van der Waals surface area (Å²) in [4.78, 5) is 48.9. The molecule has 0 aliphatic carbocycles. The number of unbranched alkanes of at least 4 members (excludes halogenated alkanes) is 2. The molecule has 188 valence electrons. The monoisotopic (exact) mass is 480 g/mol. The SMILES string of the molecule is CCCCNC(=O)c1cccc(NC(=O)CCCC(=O)Nc2cccc(C(=O)NCCCC)c2)c1. The second kappa shape index (κ2) is 15.3. The average molecular weight is 481 g/mol. The predicted molar refractivity (Wildman–Crippen MR) is 138 cm³/mol. The molecule has 0 unspecified atom stereocenters. The molecule has 0 fully saturated rings. The number of rotatable bonds is 14. The zero-order valence-corrected chi connectivity index (χ0v) is 20.6. The maximum atomic E-state index is 12.3. The van der Waals surface area contributed by atoms with E-state index in [1.807, 2.05) is 0 Å². The van der Waals surface area contributed by atoms with E-state index >= 15 is 0 Å². The Morgan fingerprint density at radius 2 is 1.06 bits per heavy atom. The summed E-state index contributed by atoms with van der Waals surface area (Å²) in [5.74, 6) is -0.804. The molecular formula is C27H36N4O4. The fourth-order valence-electron chi connectivity index (χ4n) is 3.29. The molecule has 2 aromatic rings. The Bertz CT molecular complexity index is 927. The summed E-state index contributed by atoms with van der Waals surface area (Å²) < 4.78 is 0. The summed E-state index contributed by atoms with van der Waals surface area (Å²) in [6.45, 7) is 5.34. The van der Waals surface area contributed by atoms with Crippen molar-refractivity contribution in [2.45, 2.75) is 58.8 Å². The third kappa shape index (κ3) is 10.4. The van der Waals surface area contributed by atoms with Gasteiger partial charge in [0.2, 0.25) is 11.8 Å². The number of hydrogen-bond acceptors (Lipinski definition) is 4. The van der Waals surface area contributed by atoms with Crippen molar-refractivity contribution in [3.63, 3.8) is 0 Å². The van der Waals surface area contributed by atoms with Gasteiger partial charge >= 0.3 is 0 Å². The zero-order chi connectivity index (χ0) is 25.5. The molecule has 2 aromatic carbocycles. The van der Waals surface area contributed by atoms with Crippen molar-refractivity contribution in [2.75, 3.05) is 23.7 Å². The van der Waals surface area contributed by atoms with Crippen molar-refractivity contribution in [1.29, 1.82) is 0 Å². The van der Waals surface area contributed by atoms with Crippen LogP contribution in [-0.4, -0.2) is 36.7 Å². The van der Waals surface area contributed by atoms with Crippen LogP contribution in [0.15, 0.2) is 48.5 Å². The van der Waals surface area contributed by atoms with Crippen molar-refractivity contribution >= 4 is 35.0 Å². The number of hydrogen-bond donors (Lipinski definition) is 4. The lowest BCUT2D eigenvalue weighted by atomic mass is 10.1. The van der Waals surface area contributed by atoms with Crippen LogP contribution in [-0.2, 0) is 9.59 Å². The molecule has 0 saturated carbocycles. The van der Waals surface area contributed by atoms with Gasteiger partial charge in [-0.05, 0) is 55.7 Å². The van der Waals surface area contributed by atoms with Gasteiger partial charge in [0.15, 0.2) is 0 Å². The molecule has 0 radical (unpaired) electrons. The first-order valence-corrected chi connectivity index (χ1v) is 12.3. The fraction of sp³-hybridized carbons (Fsp3) is 0.407. The molecule has 0 spiro atoms. The highest BCUT2D eigenvalue weighted by Gasteiger charge is 2.10. The van der Waals surface area contributed by atoms with Crippen molar-refractivity contribution < 1.29 is 19.2 Å².